The Labute approximate surface area is 205 Å². The van der Waals surface area contributed by atoms with E-state index < -0.39 is 15.4 Å². The minimum absolute atomic E-state index is 0. The van der Waals surface area contributed by atoms with E-state index in [2.05, 4.69) is 15.2 Å². The fourth-order valence-electron chi connectivity index (χ4n) is 4.00. The highest BCUT2D eigenvalue weighted by Gasteiger charge is 2.45. The van der Waals surface area contributed by atoms with Crippen LogP contribution in [0.3, 0.4) is 0 Å². The van der Waals surface area contributed by atoms with E-state index in [0.717, 1.165) is 44.7 Å². The van der Waals surface area contributed by atoms with Gasteiger partial charge in [-0.2, -0.15) is 0 Å². The summed E-state index contributed by atoms with van der Waals surface area (Å²) in [6, 6.07) is 0. The highest BCUT2D eigenvalue weighted by molar-refractivity contribution is 14.0. The molecule has 2 rings (SSSR count). The molecule has 0 bridgehead atoms. The molecule has 2 aliphatic rings. The molecule has 1 N–H and O–H groups in total. The summed E-state index contributed by atoms with van der Waals surface area (Å²) in [6.07, 6.45) is 4.92. The van der Waals surface area contributed by atoms with Gasteiger partial charge < -0.3 is 19.9 Å². The lowest BCUT2D eigenvalue weighted by atomic mass is 9.96. The molecule has 0 aromatic heterocycles. The van der Waals surface area contributed by atoms with E-state index in [1.165, 1.54) is 6.26 Å². The number of sulfone groups is 1. The van der Waals surface area contributed by atoms with Gasteiger partial charge in [-0.25, -0.2) is 13.2 Å². The number of hydrogen-bond donors (Lipinski definition) is 1. The van der Waals surface area contributed by atoms with Crippen molar-refractivity contribution in [1.82, 2.24) is 15.1 Å². The average Bonchev–Trinajstić information content (AvgIpc) is 3.37. The Hall–Kier alpha value is -0.780. The monoisotopic (exact) mass is 572 g/mol. The number of guanidine groups is 1. The number of carbonyl (C=O) groups is 1. The van der Waals surface area contributed by atoms with Gasteiger partial charge in [0.1, 0.15) is 15.4 Å². The van der Waals surface area contributed by atoms with Crippen LogP contribution in [0.15, 0.2) is 4.99 Å². The standard InChI is InChI=1S/C21H40N4O4S.HI/c1-7-24(19(26)29-20(2,3)4)14-17-8-12-25(13-9-17)18(22-5)23-15-21(10-11-21)16-30(6,27)28;/h17H,7-16H2,1-6H3,(H,22,23);1H. The van der Waals surface area contributed by atoms with E-state index in [4.69, 9.17) is 4.74 Å². The van der Waals surface area contributed by atoms with E-state index >= 15 is 0 Å². The van der Waals surface area contributed by atoms with Gasteiger partial charge in [0.2, 0.25) is 0 Å². The van der Waals surface area contributed by atoms with Crippen LogP contribution in [0.5, 0.6) is 0 Å². The molecule has 1 saturated heterocycles. The first-order valence-electron chi connectivity index (χ1n) is 11.0. The van der Waals surface area contributed by atoms with Crippen LogP contribution in [0.25, 0.3) is 0 Å². The van der Waals surface area contributed by atoms with E-state index in [0.29, 0.717) is 25.6 Å². The summed E-state index contributed by atoms with van der Waals surface area (Å²) in [5, 5.41) is 3.40. The molecular formula is C21H41IN4O4S. The second-order valence-electron chi connectivity index (χ2n) is 9.92. The molecule has 0 unspecified atom stereocenters. The summed E-state index contributed by atoms with van der Waals surface area (Å²) >= 11 is 0. The van der Waals surface area contributed by atoms with Gasteiger partial charge in [0.05, 0.1) is 5.75 Å². The zero-order valence-corrected chi connectivity index (χ0v) is 23.1. The van der Waals surface area contributed by atoms with Crippen molar-refractivity contribution in [1.29, 1.82) is 0 Å². The smallest absolute Gasteiger partial charge is 0.410 e. The molecule has 10 heteroatoms. The van der Waals surface area contributed by atoms with Crippen molar-refractivity contribution in [2.24, 2.45) is 16.3 Å². The second kappa shape index (κ2) is 11.4. The Morgan fingerprint density at radius 3 is 2.26 bits per heavy atom. The number of hydrogen-bond acceptors (Lipinski definition) is 5. The predicted molar refractivity (Wildman–Crippen MR) is 136 cm³/mol. The van der Waals surface area contributed by atoms with Gasteiger partial charge in [-0.3, -0.25) is 4.99 Å². The number of aliphatic imine (C=N–C) groups is 1. The number of ether oxygens (including phenoxy) is 1. The molecule has 0 aromatic carbocycles. The zero-order chi connectivity index (χ0) is 22.6. The molecule has 1 heterocycles. The third-order valence-corrected chi connectivity index (χ3v) is 6.92. The van der Waals surface area contributed by atoms with Gasteiger partial charge in [0.15, 0.2) is 5.96 Å². The van der Waals surface area contributed by atoms with Crippen LogP contribution in [0, 0.1) is 11.3 Å². The first kappa shape index (κ1) is 28.3. The van der Waals surface area contributed by atoms with Crippen LogP contribution >= 0.6 is 24.0 Å². The van der Waals surface area contributed by atoms with Crippen molar-refractivity contribution in [2.45, 2.75) is 59.0 Å². The molecule has 1 aliphatic heterocycles. The Bertz CT molecular complexity index is 724. The average molecular weight is 573 g/mol. The van der Waals surface area contributed by atoms with Crippen LogP contribution in [0.1, 0.15) is 53.4 Å². The van der Waals surface area contributed by atoms with Crippen LogP contribution in [0.4, 0.5) is 4.79 Å². The molecule has 31 heavy (non-hydrogen) atoms. The number of nitrogens with one attached hydrogen (secondary N) is 1. The third-order valence-electron chi connectivity index (χ3n) is 5.78. The maximum absolute atomic E-state index is 12.4. The topological polar surface area (TPSA) is 91.3 Å². The molecule has 8 nitrogen and oxygen atoms in total. The molecule has 182 valence electrons. The maximum atomic E-state index is 12.4. The van der Waals surface area contributed by atoms with Gasteiger partial charge in [-0.05, 0) is 59.3 Å². The van der Waals surface area contributed by atoms with Gasteiger partial charge in [0.25, 0.3) is 0 Å². The Morgan fingerprint density at radius 2 is 1.84 bits per heavy atom. The van der Waals surface area contributed by atoms with Gasteiger partial charge >= 0.3 is 6.09 Å². The third kappa shape index (κ3) is 9.71. The molecule has 1 amide bonds. The molecular weight excluding hydrogens is 531 g/mol. The summed E-state index contributed by atoms with van der Waals surface area (Å²) in [5.74, 6) is 1.52. The van der Waals surface area contributed by atoms with Gasteiger partial charge in [-0.15, -0.1) is 24.0 Å². The largest absolute Gasteiger partial charge is 0.444 e. The van der Waals surface area contributed by atoms with E-state index in [1.807, 2.05) is 27.7 Å². The number of piperidine rings is 1. The number of likely N-dealkylation sites (tertiary alicyclic amines) is 1. The molecule has 1 saturated carbocycles. The fraction of sp³-hybridized carbons (Fsp3) is 0.905. The van der Waals surface area contributed by atoms with Crippen molar-refractivity contribution in [3.8, 4) is 0 Å². The second-order valence-corrected chi connectivity index (χ2v) is 12.1. The molecule has 0 aromatic rings. The highest BCUT2D eigenvalue weighted by atomic mass is 127. The minimum atomic E-state index is -2.97. The SMILES string of the molecule is CCN(CC1CCN(C(=NC)NCC2(CS(C)(=O)=O)CC2)CC1)C(=O)OC(C)(C)C.I. The van der Waals surface area contributed by atoms with Crippen molar-refractivity contribution in [3.63, 3.8) is 0 Å². The Balaban J connectivity index is 0.00000480. The molecule has 0 radical (unpaired) electrons. The summed E-state index contributed by atoms with van der Waals surface area (Å²) < 4.78 is 28.9. The molecule has 0 spiro atoms. The number of halogens is 1. The summed E-state index contributed by atoms with van der Waals surface area (Å²) in [4.78, 5) is 20.8. The number of carbonyl (C=O) groups excluding carboxylic acids is 1. The van der Waals surface area contributed by atoms with Crippen LogP contribution in [-0.2, 0) is 14.6 Å². The molecule has 0 atom stereocenters. The first-order valence-corrected chi connectivity index (χ1v) is 13.0. The fourth-order valence-corrected chi connectivity index (χ4v) is 5.51. The van der Waals surface area contributed by atoms with Gasteiger partial charge in [0, 0.05) is 51.4 Å². The van der Waals surface area contributed by atoms with Crippen molar-refractivity contribution in [2.75, 3.05) is 51.8 Å². The Kier molecular flexibility index (Phi) is 10.4. The molecule has 1 aliphatic carbocycles. The number of amides is 1. The lowest BCUT2D eigenvalue weighted by Crippen LogP contribution is -2.49. The van der Waals surface area contributed by atoms with Gasteiger partial charge in [-0.1, -0.05) is 0 Å². The summed E-state index contributed by atoms with van der Waals surface area (Å²) in [5.41, 5.74) is -0.612. The normalized spacial score (nSPS) is 19.4. The van der Waals surface area contributed by atoms with E-state index in [1.54, 1.807) is 11.9 Å². The van der Waals surface area contributed by atoms with E-state index in [9.17, 15) is 13.2 Å². The Morgan fingerprint density at radius 1 is 1.26 bits per heavy atom. The maximum Gasteiger partial charge on any atom is 0.410 e. The predicted octanol–water partition coefficient (Wildman–Crippen LogP) is 2.97. The zero-order valence-electron chi connectivity index (χ0n) is 19.9. The van der Waals surface area contributed by atoms with Crippen LogP contribution in [-0.4, -0.2) is 87.7 Å². The van der Waals surface area contributed by atoms with Crippen LogP contribution < -0.4 is 5.32 Å². The molecule has 2 fully saturated rings. The lowest BCUT2D eigenvalue weighted by molar-refractivity contribution is 0.0214. The van der Waals surface area contributed by atoms with Crippen molar-refractivity contribution < 1.29 is 17.9 Å². The van der Waals surface area contributed by atoms with Crippen LogP contribution in [0.2, 0.25) is 0 Å². The first-order chi connectivity index (χ1) is 13.9. The highest BCUT2D eigenvalue weighted by Crippen LogP contribution is 2.46. The van der Waals surface area contributed by atoms with Crippen molar-refractivity contribution in [3.05, 3.63) is 0 Å². The number of rotatable bonds is 7. The summed E-state index contributed by atoms with van der Waals surface area (Å²) in [7, 11) is -1.21. The lowest BCUT2D eigenvalue weighted by Gasteiger charge is -2.37. The summed E-state index contributed by atoms with van der Waals surface area (Å²) in [6.45, 7) is 11.4. The minimum Gasteiger partial charge on any atom is -0.444 e. The van der Waals surface area contributed by atoms with Crippen molar-refractivity contribution >= 4 is 45.9 Å². The number of nitrogens with zero attached hydrogens (tertiary/aromatic N) is 3. The quantitative estimate of drug-likeness (QED) is 0.287. The van der Waals surface area contributed by atoms with E-state index in [-0.39, 0.29) is 41.2 Å².